The van der Waals surface area contributed by atoms with Crippen LogP contribution in [0.4, 0.5) is 5.69 Å². The minimum absolute atomic E-state index is 0.0116. The van der Waals surface area contributed by atoms with Gasteiger partial charge in [0, 0.05) is 22.8 Å². The Morgan fingerprint density at radius 1 is 1.00 bits per heavy atom. The molecule has 0 saturated heterocycles. The molecule has 0 heterocycles. The molecule has 0 aromatic heterocycles. The molecule has 2 radical (unpaired) electrons. The molecule has 0 aliphatic rings. The van der Waals surface area contributed by atoms with Gasteiger partial charge < -0.3 is 0 Å². The van der Waals surface area contributed by atoms with E-state index in [1.807, 2.05) is 0 Å². The van der Waals surface area contributed by atoms with Crippen LogP contribution in [-0.2, 0) is 9.59 Å². The maximum absolute atomic E-state index is 12.3. The number of hydrogen-bond acceptors (Lipinski definition) is 6. The first-order valence-electron chi connectivity index (χ1n) is 6.32. The van der Waals surface area contributed by atoms with Gasteiger partial charge in [-0.25, -0.2) is 0 Å². The normalized spacial score (nSPS) is 10.0. The second-order valence-corrected chi connectivity index (χ2v) is 4.95. The maximum atomic E-state index is 12.3. The zero-order chi connectivity index (χ0) is 17.9. The number of hydrogen-bond donors (Lipinski definition) is 0. The van der Waals surface area contributed by atoms with Crippen LogP contribution in [0.3, 0.4) is 0 Å². The molecule has 0 saturated carbocycles. The van der Waals surface area contributed by atoms with Crippen molar-refractivity contribution in [3.8, 4) is 0 Å². The number of carbonyl (C=O) groups excluding carboxylic acids is 4. The lowest BCUT2D eigenvalue weighted by Gasteiger charge is -2.04. The van der Waals surface area contributed by atoms with Crippen LogP contribution < -0.4 is 0 Å². The van der Waals surface area contributed by atoms with Gasteiger partial charge in [-0.3, -0.25) is 29.3 Å². The largest absolute Gasteiger partial charge is 0.285 e. The van der Waals surface area contributed by atoms with Gasteiger partial charge in [-0.1, -0.05) is 17.7 Å². The van der Waals surface area contributed by atoms with Crippen LogP contribution in [0.15, 0.2) is 36.4 Å². The van der Waals surface area contributed by atoms with Gasteiger partial charge in [0.1, 0.15) is 5.56 Å². The van der Waals surface area contributed by atoms with Crippen molar-refractivity contribution in [2.75, 3.05) is 0 Å². The van der Waals surface area contributed by atoms with Crippen LogP contribution in [0.25, 0.3) is 0 Å². The van der Waals surface area contributed by atoms with Gasteiger partial charge in [0.05, 0.1) is 9.95 Å². The van der Waals surface area contributed by atoms with E-state index in [0.717, 1.165) is 24.3 Å². The Hall–Kier alpha value is -3.19. The first-order valence-corrected chi connectivity index (χ1v) is 6.70. The van der Waals surface area contributed by atoms with Crippen LogP contribution in [-0.4, -0.2) is 29.1 Å². The van der Waals surface area contributed by atoms with Gasteiger partial charge in [-0.15, -0.1) is 0 Å². The lowest BCUT2D eigenvalue weighted by molar-refractivity contribution is -0.385. The van der Waals surface area contributed by atoms with E-state index >= 15 is 0 Å². The molecule has 0 atom stereocenters. The standard InChI is InChI=1S/C16H6ClNO6/c17-13-6-10(2-3-11(13)8-20)15(21)16(22)12-4-1-9(7-19)5-14(12)18(23)24/h1-6H. The van der Waals surface area contributed by atoms with Gasteiger partial charge in [-0.2, -0.15) is 0 Å². The summed E-state index contributed by atoms with van der Waals surface area (Å²) in [7, 11) is 0. The summed E-state index contributed by atoms with van der Waals surface area (Å²) in [5.41, 5.74) is -1.40. The predicted molar refractivity (Wildman–Crippen MR) is 82.8 cm³/mol. The molecule has 118 valence electrons. The smallest absolute Gasteiger partial charge is 0.281 e. The van der Waals surface area contributed by atoms with Crippen molar-refractivity contribution in [1.29, 1.82) is 0 Å². The molecule has 8 heteroatoms. The predicted octanol–water partition coefficient (Wildman–Crippen LogP) is 2.23. The summed E-state index contributed by atoms with van der Waals surface area (Å²) in [5.74, 6) is -2.18. The first-order chi connectivity index (χ1) is 11.4. The highest BCUT2D eigenvalue weighted by molar-refractivity contribution is 6.50. The Labute approximate surface area is 140 Å². The lowest BCUT2D eigenvalue weighted by atomic mass is 9.98. The van der Waals surface area contributed by atoms with Crippen molar-refractivity contribution in [3.05, 3.63) is 73.8 Å². The van der Waals surface area contributed by atoms with Crippen LogP contribution in [0, 0.1) is 10.1 Å². The number of Topliss-reactive ketones (excluding diaryl/α,β-unsaturated/α-hetero) is 2. The van der Waals surface area contributed by atoms with Gasteiger partial charge in [0.2, 0.25) is 24.1 Å². The molecule has 7 nitrogen and oxygen atoms in total. The zero-order valence-corrected chi connectivity index (χ0v) is 12.5. The Balaban J connectivity index is 2.46. The van der Waals surface area contributed by atoms with E-state index < -0.39 is 27.7 Å². The SMILES string of the molecule is O=[C]c1ccc(C(=O)C(=O)c2ccc([C]=O)c(Cl)c2)c([N+](=O)[O-])c1. The number of nitro groups is 1. The molecule has 24 heavy (non-hydrogen) atoms. The van der Waals surface area contributed by atoms with E-state index in [1.54, 1.807) is 6.29 Å². The van der Waals surface area contributed by atoms with Crippen molar-refractivity contribution in [1.82, 2.24) is 0 Å². The highest BCUT2D eigenvalue weighted by Crippen LogP contribution is 2.23. The third kappa shape index (κ3) is 3.26. The Morgan fingerprint density at radius 2 is 1.71 bits per heavy atom. The molecule has 0 fully saturated rings. The van der Waals surface area contributed by atoms with Crippen molar-refractivity contribution in [2.45, 2.75) is 0 Å². The van der Waals surface area contributed by atoms with Gasteiger partial charge in [0.25, 0.3) is 5.69 Å². The molecular formula is C16H6ClNO6. The minimum atomic E-state index is -1.14. The second kappa shape index (κ2) is 6.93. The molecular weight excluding hydrogens is 338 g/mol. The van der Waals surface area contributed by atoms with E-state index in [1.165, 1.54) is 18.4 Å². The van der Waals surface area contributed by atoms with Crippen LogP contribution in [0.1, 0.15) is 31.8 Å². The zero-order valence-electron chi connectivity index (χ0n) is 11.7. The molecule has 0 bridgehead atoms. The number of nitro benzene ring substituents is 1. The van der Waals surface area contributed by atoms with E-state index in [-0.39, 0.29) is 21.7 Å². The van der Waals surface area contributed by atoms with Crippen LogP contribution in [0.2, 0.25) is 5.02 Å². The summed E-state index contributed by atoms with van der Waals surface area (Å²) in [6.45, 7) is 0. The highest BCUT2D eigenvalue weighted by Gasteiger charge is 2.27. The molecule has 0 aliphatic heterocycles. The topological polar surface area (TPSA) is 111 Å². The summed E-state index contributed by atoms with van der Waals surface area (Å²) in [6.07, 6.45) is 3.02. The fraction of sp³-hybridized carbons (Fsp3) is 0. The summed E-state index contributed by atoms with van der Waals surface area (Å²) in [6, 6.07) is 6.48. The Morgan fingerprint density at radius 3 is 2.25 bits per heavy atom. The van der Waals surface area contributed by atoms with Crippen molar-refractivity contribution in [3.63, 3.8) is 0 Å². The van der Waals surface area contributed by atoms with Crippen molar-refractivity contribution < 1.29 is 24.1 Å². The highest BCUT2D eigenvalue weighted by atomic mass is 35.5. The summed E-state index contributed by atoms with van der Waals surface area (Å²) >= 11 is 5.77. The number of carbonyl (C=O) groups is 2. The molecule has 0 spiro atoms. The van der Waals surface area contributed by atoms with Gasteiger partial charge >= 0.3 is 0 Å². The summed E-state index contributed by atoms with van der Waals surface area (Å²) in [4.78, 5) is 55.8. The molecule has 2 rings (SSSR count). The quantitative estimate of drug-likeness (QED) is 0.344. The number of ketones is 2. The van der Waals surface area contributed by atoms with E-state index in [0.29, 0.717) is 0 Å². The van der Waals surface area contributed by atoms with Crippen molar-refractivity contribution in [2.24, 2.45) is 0 Å². The average molecular weight is 344 g/mol. The van der Waals surface area contributed by atoms with E-state index in [9.17, 15) is 29.3 Å². The van der Waals surface area contributed by atoms with E-state index in [2.05, 4.69) is 0 Å². The average Bonchev–Trinajstić information content (AvgIpc) is 2.59. The maximum Gasteiger partial charge on any atom is 0.281 e. The number of nitrogens with zero attached hydrogens (tertiary/aromatic N) is 1. The van der Waals surface area contributed by atoms with E-state index in [4.69, 9.17) is 11.6 Å². The Kier molecular flexibility index (Phi) is 4.96. The Bertz CT molecular complexity index is 890. The van der Waals surface area contributed by atoms with Crippen LogP contribution >= 0.6 is 11.6 Å². The van der Waals surface area contributed by atoms with Gasteiger partial charge in [-0.05, 0) is 24.3 Å². The monoisotopic (exact) mass is 343 g/mol. The fourth-order valence-electron chi connectivity index (χ4n) is 1.93. The van der Waals surface area contributed by atoms with Crippen LogP contribution in [0.5, 0.6) is 0 Å². The minimum Gasteiger partial charge on any atom is -0.285 e. The third-order valence-corrected chi connectivity index (χ3v) is 3.42. The lowest BCUT2D eigenvalue weighted by Crippen LogP contribution is -2.16. The molecule has 0 amide bonds. The van der Waals surface area contributed by atoms with Crippen molar-refractivity contribution >= 4 is 41.4 Å². The summed E-state index contributed by atoms with van der Waals surface area (Å²) < 4.78 is 0. The van der Waals surface area contributed by atoms with Gasteiger partial charge in [0.15, 0.2) is 0 Å². The molecule has 2 aromatic rings. The summed E-state index contributed by atoms with van der Waals surface area (Å²) in [5, 5.41) is 11.0. The number of rotatable bonds is 6. The molecule has 0 unspecified atom stereocenters. The third-order valence-electron chi connectivity index (χ3n) is 3.10. The number of benzene rings is 2. The molecule has 2 aromatic carbocycles. The number of halogens is 1. The molecule has 0 N–H and O–H groups in total. The second-order valence-electron chi connectivity index (χ2n) is 4.55. The molecule has 0 aliphatic carbocycles. The first kappa shape index (κ1) is 17.2. The fourth-order valence-corrected chi connectivity index (χ4v) is 2.15.